The monoisotopic (exact) mass is 281 g/mol. The minimum Gasteiger partial charge on any atom is -0.319 e. The van der Waals surface area contributed by atoms with Gasteiger partial charge in [0.05, 0.1) is 0 Å². The lowest BCUT2D eigenvalue weighted by Gasteiger charge is -2.54. The molecule has 1 aliphatic carbocycles. The summed E-state index contributed by atoms with van der Waals surface area (Å²) in [4.78, 5) is 0. The molecule has 1 fully saturated rings. The van der Waals surface area contributed by atoms with Gasteiger partial charge in [0, 0.05) is 16.4 Å². The smallest absolute Gasteiger partial charge is 0.0213 e. The summed E-state index contributed by atoms with van der Waals surface area (Å²) in [7, 11) is 2.05. The van der Waals surface area contributed by atoms with Gasteiger partial charge >= 0.3 is 0 Å². The van der Waals surface area contributed by atoms with Crippen molar-refractivity contribution in [2.24, 2.45) is 5.41 Å². The molecule has 0 saturated heterocycles. The molecule has 1 aromatic carbocycles. The SMILES string of the molecule is CNCC1(c2ccccc2Br)CC(C)(C)C1. The number of likely N-dealkylation sites (N-methyl/N-ethyl adjacent to an activating group) is 1. The summed E-state index contributed by atoms with van der Waals surface area (Å²) in [5.41, 5.74) is 2.29. The second-order valence-corrected chi connectivity index (χ2v) is 6.66. The zero-order chi connectivity index (χ0) is 11.8. The van der Waals surface area contributed by atoms with Gasteiger partial charge in [0.25, 0.3) is 0 Å². The third-order valence-corrected chi connectivity index (χ3v) is 4.29. The Morgan fingerprint density at radius 3 is 2.38 bits per heavy atom. The van der Waals surface area contributed by atoms with E-state index in [9.17, 15) is 0 Å². The van der Waals surface area contributed by atoms with Crippen LogP contribution in [0.25, 0.3) is 0 Å². The molecule has 1 aromatic rings. The van der Waals surface area contributed by atoms with Crippen molar-refractivity contribution < 1.29 is 0 Å². The molecule has 16 heavy (non-hydrogen) atoms. The van der Waals surface area contributed by atoms with Crippen molar-refractivity contribution in [3.63, 3.8) is 0 Å². The lowest BCUT2D eigenvalue weighted by atomic mass is 9.52. The molecule has 88 valence electrons. The molecule has 0 radical (unpaired) electrons. The Morgan fingerprint density at radius 2 is 1.88 bits per heavy atom. The van der Waals surface area contributed by atoms with Crippen molar-refractivity contribution in [3.8, 4) is 0 Å². The standard InChI is InChI=1S/C14H20BrN/c1-13(2)8-14(9-13,10-16-3)11-6-4-5-7-12(11)15/h4-7,16H,8-10H2,1-3H3. The van der Waals surface area contributed by atoms with Gasteiger partial charge in [-0.05, 0) is 36.9 Å². The molecule has 0 aliphatic heterocycles. The van der Waals surface area contributed by atoms with Crippen LogP contribution in [0.3, 0.4) is 0 Å². The van der Waals surface area contributed by atoms with E-state index in [-0.39, 0.29) is 0 Å². The highest BCUT2D eigenvalue weighted by atomic mass is 79.9. The molecule has 0 unspecified atom stereocenters. The van der Waals surface area contributed by atoms with Crippen LogP contribution in [0.5, 0.6) is 0 Å². The van der Waals surface area contributed by atoms with Crippen LogP contribution in [0.1, 0.15) is 32.3 Å². The Labute approximate surface area is 107 Å². The highest BCUT2D eigenvalue weighted by Crippen LogP contribution is 2.56. The fourth-order valence-electron chi connectivity index (χ4n) is 3.42. The summed E-state index contributed by atoms with van der Waals surface area (Å²) in [6.07, 6.45) is 2.53. The molecule has 1 nitrogen and oxygen atoms in total. The van der Waals surface area contributed by atoms with Crippen molar-refractivity contribution in [2.45, 2.75) is 32.1 Å². The molecule has 0 bridgehead atoms. The molecule has 0 spiro atoms. The van der Waals surface area contributed by atoms with Gasteiger partial charge in [-0.1, -0.05) is 48.0 Å². The first kappa shape index (κ1) is 12.1. The van der Waals surface area contributed by atoms with Crippen LogP contribution in [0.4, 0.5) is 0 Å². The Balaban J connectivity index is 2.32. The average Bonchev–Trinajstić information content (AvgIpc) is 2.15. The zero-order valence-corrected chi connectivity index (χ0v) is 11.9. The maximum Gasteiger partial charge on any atom is 0.0213 e. The van der Waals surface area contributed by atoms with E-state index in [0.29, 0.717) is 10.8 Å². The predicted octanol–water partition coefficient (Wildman–Crippen LogP) is 3.73. The van der Waals surface area contributed by atoms with Crippen LogP contribution in [0, 0.1) is 5.41 Å². The summed E-state index contributed by atoms with van der Waals surface area (Å²) in [5, 5.41) is 3.35. The largest absolute Gasteiger partial charge is 0.319 e. The van der Waals surface area contributed by atoms with E-state index in [0.717, 1.165) is 6.54 Å². The average molecular weight is 282 g/mol. The van der Waals surface area contributed by atoms with Gasteiger partial charge in [-0.2, -0.15) is 0 Å². The van der Waals surface area contributed by atoms with Gasteiger partial charge in [0.15, 0.2) is 0 Å². The highest BCUT2D eigenvalue weighted by Gasteiger charge is 2.50. The molecule has 0 aromatic heterocycles. The molecule has 0 heterocycles. The number of halogens is 1. The minimum atomic E-state index is 0.332. The Kier molecular flexibility index (Phi) is 3.15. The van der Waals surface area contributed by atoms with Crippen LogP contribution in [0.15, 0.2) is 28.7 Å². The summed E-state index contributed by atoms with van der Waals surface area (Å²) in [5.74, 6) is 0. The topological polar surface area (TPSA) is 12.0 Å². The van der Waals surface area contributed by atoms with Gasteiger partial charge in [0.2, 0.25) is 0 Å². The van der Waals surface area contributed by atoms with Crippen molar-refractivity contribution in [1.29, 1.82) is 0 Å². The molecule has 0 atom stereocenters. The number of benzene rings is 1. The Morgan fingerprint density at radius 1 is 1.25 bits per heavy atom. The van der Waals surface area contributed by atoms with Crippen LogP contribution >= 0.6 is 15.9 Å². The molecule has 1 saturated carbocycles. The third-order valence-electron chi connectivity index (χ3n) is 3.59. The zero-order valence-electron chi connectivity index (χ0n) is 10.3. The summed E-state index contributed by atoms with van der Waals surface area (Å²) in [6, 6.07) is 8.64. The predicted molar refractivity (Wildman–Crippen MR) is 72.8 cm³/mol. The maximum absolute atomic E-state index is 3.69. The van der Waals surface area contributed by atoms with Crippen LogP contribution < -0.4 is 5.32 Å². The molecule has 1 N–H and O–H groups in total. The Bertz CT molecular complexity index is 376. The number of nitrogens with one attached hydrogen (secondary N) is 1. The van der Waals surface area contributed by atoms with E-state index in [1.165, 1.54) is 22.9 Å². The minimum absolute atomic E-state index is 0.332. The van der Waals surface area contributed by atoms with E-state index in [1.807, 2.05) is 7.05 Å². The number of rotatable bonds is 3. The van der Waals surface area contributed by atoms with Gasteiger partial charge in [-0.25, -0.2) is 0 Å². The molecular formula is C14H20BrN. The van der Waals surface area contributed by atoms with Crippen molar-refractivity contribution in [3.05, 3.63) is 34.3 Å². The third kappa shape index (κ3) is 2.05. The number of hydrogen-bond donors (Lipinski definition) is 1. The molecule has 2 heteroatoms. The normalized spacial score (nSPS) is 21.5. The summed E-state index contributed by atoms with van der Waals surface area (Å²) in [6.45, 7) is 5.79. The van der Waals surface area contributed by atoms with Gasteiger partial charge < -0.3 is 5.32 Å². The van der Waals surface area contributed by atoms with E-state index >= 15 is 0 Å². The molecular weight excluding hydrogens is 262 g/mol. The first-order valence-corrected chi connectivity index (χ1v) is 6.68. The van der Waals surface area contributed by atoms with Gasteiger partial charge in [-0.3, -0.25) is 0 Å². The van der Waals surface area contributed by atoms with Crippen LogP contribution in [0.2, 0.25) is 0 Å². The van der Waals surface area contributed by atoms with E-state index in [4.69, 9.17) is 0 Å². The summed E-state index contributed by atoms with van der Waals surface area (Å²) < 4.78 is 1.25. The first-order chi connectivity index (χ1) is 7.49. The summed E-state index contributed by atoms with van der Waals surface area (Å²) >= 11 is 3.69. The fraction of sp³-hybridized carbons (Fsp3) is 0.571. The fourth-order valence-corrected chi connectivity index (χ4v) is 4.13. The van der Waals surface area contributed by atoms with E-state index in [2.05, 4.69) is 59.4 Å². The lowest BCUT2D eigenvalue weighted by Crippen LogP contribution is -2.52. The molecule has 1 aliphatic rings. The van der Waals surface area contributed by atoms with E-state index < -0.39 is 0 Å². The Hall–Kier alpha value is -0.340. The first-order valence-electron chi connectivity index (χ1n) is 5.89. The second-order valence-electron chi connectivity index (χ2n) is 5.81. The highest BCUT2D eigenvalue weighted by molar-refractivity contribution is 9.10. The van der Waals surface area contributed by atoms with Crippen molar-refractivity contribution in [1.82, 2.24) is 5.32 Å². The second kappa shape index (κ2) is 4.15. The van der Waals surface area contributed by atoms with E-state index in [1.54, 1.807) is 0 Å². The lowest BCUT2D eigenvalue weighted by molar-refractivity contribution is 0.0573. The maximum atomic E-state index is 3.69. The van der Waals surface area contributed by atoms with Gasteiger partial charge in [-0.15, -0.1) is 0 Å². The quantitative estimate of drug-likeness (QED) is 0.890. The van der Waals surface area contributed by atoms with Crippen molar-refractivity contribution >= 4 is 15.9 Å². The van der Waals surface area contributed by atoms with Gasteiger partial charge in [0.1, 0.15) is 0 Å². The van der Waals surface area contributed by atoms with Crippen LogP contribution in [-0.2, 0) is 5.41 Å². The van der Waals surface area contributed by atoms with Crippen molar-refractivity contribution in [2.75, 3.05) is 13.6 Å². The number of hydrogen-bond acceptors (Lipinski definition) is 1. The van der Waals surface area contributed by atoms with Crippen LogP contribution in [-0.4, -0.2) is 13.6 Å². The molecule has 2 rings (SSSR count). The molecule has 0 amide bonds.